The molecular weight excluding hydrogens is 411 g/mol. The van der Waals surface area contributed by atoms with Crippen LogP contribution >= 0.6 is 0 Å². The summed E-state index contributed by atoms with van der Waals surface area (Å²) in [6, 6.07) is 3.12. The molecule has 3 rings (SSSR count). The SMILES string of the molecule is CNC1CCCCC1C(=O)N1CCC(CC(=O)Nc2ccc(O)c(C(F)(F)F)c2)CC1. The topological polar surface area (TPSA) is 81.7 Å². The van der Waals surface area contributed by atoms with Crippen LogP contribution in [-0.2, 0) is 15.8 Å². The molecule has 2 atom stereocenters. The van der Waals surface area contributed by atoms with E-state index < -0.39 is 17.5 Å². The number of hydrogen-bond donors (Lipinski definition) is 3. The van der Waals surface area contributed by atoms with E-state index in [4.69, 9.17) is 0 Å². The van der Waals surface area contributed by atoms with Gasteiger partial charge in [-0.2, -0.15) is 13.2 Å². The average molecular weight is 441 g/mol. The molecule has 6 nitrogen and oxygen atoms in total. The fourth-order valence-electron chi connectivity index (χ4n) is 4.68. The number of hydrogen-bond acceptors (Lipinski definition) is 4. The molecule has 1 saturated heterocycles. The van der Waals surface area contributed by atoms with Crippen LogP contribution in [0.15, 0.2) is 18.2 Å². The monoisotopic (exact) mass is 441 g/mol. The molecule has 2 aliphatic rings. The molecule has 1 heterocycles. The van der Waals surface area contributed by atoms with Crippen LogP contribution in [0.25, 0.3) is 0 Å². The molecule has 0 radical (unpaired) electrons. The number of aromatic hydroxyl groups is 1. The van der Waals surface area contributed by atoms with Crippen molar-refractivity contribution in [1.82, 2.24) is 10.2 Å². The van der Waals surface area contributed by atoms with Crippen molar-refractivity contribution in [3.05, 3.63) is 23.8 Å². The van der Waals surface area contributed by atoms with Crippen molar-refractivity contribution < 1.29 is 27.9 Å². The highest BCUT2D eigenvalue weighted by Gasteiger charge is 2.35. The Morgan fingerprint density at radius 3 is 2.45 bits per heavy atom. The largest absolute Gasteiger partial charge is 0.507 e. The first-order valence-electron chi connectivity index (χ1n) is 10.8. The van der Waals surface area contributed by atoms with E-state index >= 15 is 0 Å². The van der Waals surface area contributed by atoms with Crippen molar-refractivity contribution >= 4 is 17.5 Å². The summed E-state index contributed by atoms with van der Waals surface area (Å²) in [7, 11) is 1.90. The number of likely N-dealkylation sites (tertiary alicyclic amines) is 1. The van der Waals surface area contributed by atoms with Crippen LogP contribution in [-0.4, -0.2) is 48.0 Å². The van der Waals surface area contributed by atoms with E-state index in [1.165, 1.54) is 6.07 Å². The highest BCUT2D eigenvalue weighted by molar-refractivity contribution is 5.91. The van der Waals surface area contributed by atoms with E-state index in [0.29, 0.717) is 25.9 Å². The summed E-state index contributed by atoms with van der Waals surface area (Å²) in [6.07, 6.45) is 0.993. The third-order valence-corrected chi connectivity index (χ3v) is 6.44. The summed E-state index contributed by atoms with van der Waals surface area (Å²) in [5.41, 5.74) is -1.18. The number of amides is 2. The van der Waals surface area contributed by atoms with Gasteiger partial charge >= 0.3 is 6.18 Å². The zero-order valence-electron chi connectivity index (χ0n) is 17.7. The van der Waals surface area contributed by atoms with Gasteiger partial charge in [0.1, 0.15) is 5.75 Å². The smallest absolute Gasteiger partial charge is 0.420 e. The first-order chi connectivity index (χ1) is 14.7. The Kier molecular flexibility index (Phi) is 7.46. The fourth-order valence-corrected chi connectivity index (χ4v) is 4.68. The summed E-state index contributed by atoms with van der Waals surface area (Å²) in [4.78, 5) is 27.1. The number of anilines is 1. The summed E-state index contributed by atoms with van der Waals surface area (Å²) in [5, 5.41) is 15.1. The summed E-state index contributed by atoms with van der Waals surface area (Å²) in [5.74, 6) is -0.969. The van der Waals surface area contributed by atoms with Gasteiger partial charge in [0.25, 0.3) is 0 Å². The predicted octanol–water partition coefficient (Wildman–Crippen LogP) is 3.76. The zero-order valence-corrected chi connectivity index (χ0v) is 17.7. The second kappa shape index (κ2) is 9.89. The van der Waals surface area contributed by atoms with E-state index in [9.17, 15) is 27.9 Å². The van der Waals surface area contributed by atoms with Crippen molar-refractivity contribution in [3.63, 3.8) is 0 Å². The minimum Gasteiger partial charge on any atom is -0.507 e. The highest BCUT2D eigenvalue weighted by Crippen LogP contribution is 2.37. The minimum atomic E-state index is -4.70. The number of carbonyl (C=O) groups excluding carboxylic acids is 2. The lowest BCUT2D eigenvalue weighted by molar-refractivity contribution is -0.139. The van der Waals surface area contributed by atoms with Crippen LogP contribution in [0.2, 0.25) is 0 Å². The van der Waals surface area contributed by atoms with Gasteiger partial charge in [-0.3, -0.25) is 9.59 Å². The Labute approximate surface area is 180 Å². The molecule has 1 aromatic rings. The maximum Gasteiger partial charge on any atom is 0.420 e. The lowest BCUT2D eigenvalue weighted by Gasteiger charge is -2.38. The molecule has 1 aromatic carbocycles. The molecule has 2 unspecified atom stereocenters. The standard InChI is InChI=1S/C22H30F3N3O3/c1-26-18-5-3-2-4-16(18)21(31)28-10-8-14(9-11-28)12-20(30)27-15-6-7-19(29)17(13-15)22(23,24)25/h6-7,13-14,16,18,26,29H,2-5,8-12H2,1H3,(H,27,30). The number of halogens is 3. The second-order valence-electron chi connectivity index (χ2n) is 8.54. The average Bonchev–Trinajstić information content (AvgIpc) is 2.74. The molecular formula is C22H30F3N3O3. The highest BCUT2D eigenvalue weighted by atomic mass is 19.4. The fraction of sp³-hybridized carbons (Fsp3) is 0.636. The van der Waals surface area contributed by atoms with E-state index in [2.05, 4.69) is 10.6 Å². The third kappa shape index (κ3) is 5.90. The Hall–Kier alpha value is -2.29. The predicted molar refractivity (Wildman–Crippen MR) is 110 cm³/mol. The van der Waals surface area contributed by atoms with Gasteiger partial charge in [-0.05, 0) is 56.8 Å². The molecule has 31 heavy (non-hydrogen) atoms. The van der Waals surface area contributed by atoms with Gasteiger partial charge in [0.15, 0.2) is 0 Å². The van der Waals surface area contributed by atoms with E-state index in [0.717, 1.165) is 37.8 Å². The van der Waals surface area contributed by atoms with Crippen molar-refractivity contribution in [2.24, 2.45) is 11.8 Å². The summed E-state index contributed by atoms with van der Waals surface area (Å²) < 4.78 is 38.7. The summed E-state index contributed by atoms with van der Waals surface area (Å²) >= 11 is 0. The van der Waals surface area contributed by atoms with Crippen LogP contribution in [0.4, 0.5) is 18.9 Å². The van der Waals surface area contributed by atoms with Crippen LogP contribution in [0, 0.1) is 11.8 Å². The Bertz CT molecular complexity index is 792. The number of nitrogens with zero attached hydrogens (tertiary/aromatic N) is 1. The number of benzene rings is 1. The van der Waals surface area contributed by atoms with Crippen molar-refractivity contribution in [1.29, 1.82) is 0 Å². The van der Waals surface area contributed by atoms with Crippen molar-refractivity contribution in [2.45, 2.75) is 57.2 Å². The molecule has 9 heteroatoms. The number of phenols is 1. The Morgan fingerprint density at radius 1 is 1.13 bits per heavy atom. The zero-order chi connectivity index (χ0) is 22.6. The Balaban J connectivity index is 1.50. The molecule has 1 aliphatic carbocycles. The molecule has 172 valence electrons. The van der Waals surface area contributed by atoms with Gasteiger partial charge < -0.3 is 20.6 Å². The van der Waals surface area contributed by atoms with Gasteiger partial charge in [0.2, 0.25) is 11.8 Å². The van der Waals surface area contributed by atoms with Crippen LogP contribution in [0.5, 0.6) is 5.75 Å². The second-order valence-corrected chi connectivity index (χ2v) is 8.54. The first kappa shape index (κ1) is 23.4. The number of carbonyl (C=O) groups is 2. The van der Waals surface area contributed by atoms with Gasteiger partial charge in [0.05, 0.1) is 11.5 Å². The molecule has 1 aliphatic heterocycles. The summed E-state index contributed by atoms with van der Waals surface area (Å²) in [6.45, 7) is 1.20. The van der Waals surface area contributed by atoms with Gasteiger partial charge in [-0.1, -0.05) is 12.8 Å². The molecule has 0 spiro atoms. The normalized spacial score (nSPS) is 22.9. The Morgan fingerprint density at radius 2 is 1.81 bits per heavy atom. The van der Waals surface area contributed by atoms with Crippen molar-refractivity contribution in [2.75, 3.05) is 25.5 Å². The van der Waals surface area contributed by atoms with Gasteiger partial charge in [-0.15, -0.1) is 0 Å². The van der Waals surface area contributed by atoms with Crippen LogP contribution in [0.3, 0.4) is 0 Å². The van der Waals surface area contributed by atoms with Gasteiger partial charge in [-0.25, -0.2) is 0 Å². The molecule has 0 aromatic heterocycles. The molecule has 2 amide bonds. The lowest BCUT2D eigenvalue weighted by Crippen LogP contribution is -2.49. The molecule has 1 saturated carbocycles. The van der Waals surface area contributed by atoms with E-state index in [1.807, 2.05) is 11.9 Å². The van der Waals surface area contributed by atoms with Gasteiger partial charge in [0, 0.05) is 31.2 Å². The number of piperidine rings is 1. The number of phenolic OH excluding ortho intramolecular Hbond substituents is 1. The maximum absolute atomic E-state index is 12.9. The van der Waals surface area contributed by atoms with Crippen molar-refractivity contribution in [3.8, 4) is 5.75 Å². The van der Waals surface area contributed by atoms with E-state index in [-0.39, 0.29) is 41.8 Å². The number of rotatable bonds is 5. The lowest BCUT2D eigenvalue weighted by atomic mass is 9.83. The van der Waals surface area contributed by atoms with E-state index in [1.54, 1.807) is 0 Å². The third-order valence-electron chi connectivity index (χ3n) is 6.44. The molecule has 0 bridgehead atoms. The first-order valence-corrected chi connectivity index (χ1v) is 10.8. The van der Waals surface area contributed by atoms with Crippen LogP contribution in [0.1, 0.15) is 50.5 Å². The number of alkyl halides is 3. The van der Waals surface area contributed by atoms with Crippen LogP contribution < -0.4 is 10.6 Å². The quantitative estimate of drug-likeness (QED) is 0.608. The minimum absolute atomic E-state index is 0.00172. The molecule has 2 fully saturated rings. The maximum atomic E-state index is 12.9. The molecule has 3 N–H and O–H groups in total. The number of nitrogens with one attached hydrogen (secondary N) is 2.